The van der Waals surface area contributed by atoms with E-state index in [0.717, 1.165) is 26.1 Å². The lowest BCUT2D eigenvalue weighted by Gasteiger charge is -2.37. The van der Waals surface area contributed by atoms with Crippen molar-refractivity contribution in [3.63, 3.8) is 0 Å². The highest BCUT2D eigenvalue weighted by Gasteiger charge is 2.28. The highest BCUT2D eigenvalue weighted by atomic mass is 16.5. The summed E-state index contributed by atoms with van der Waals surface area (Å²) in [7, 11) is 0. The normalized spacial score (nSPS) is 19.8. The first kappa shape index (κ1) is 16.7. The number of benzene rings is 1. The topological polar surface area (TPSA) is 54.7 Å². The van der Waals surface area contributed by atoms with Gasteiger partial charge in [-0.3, -0.25) is 9.69 Å². The van der Waals surface area contributed by atoms with Crippen molar-refractivity contribution >= 4 is 5.91 Å². The van der Waals surface area contributed by atoms with E-state index in [0.29, 0.717) is 12.2 Å². The number of hydrogen-bond donors (Lipinski definition) is 1. The smallest absolute Gasteiger partial charge is 0.254 e. The van der Waals surface area contributed by atoms with Crippen molar-refractivity contribution in [2.45, 2.75) is 32.0 Å². The van der Waals surface area contributed by atoms with Gasteiger partial charge in [-0.25, -0.2) is 0 Å². The third-order valence-corrected chi connectivity index (χ3v) is 4.42. The summed E-state index contributed by atoms with van der Waals surface area (Å²) in [5.41, 5.74) is 1.85. The summed E-state index contributed by atoms with van der Waals surface area (Å²) in [6.07, 6.45) is 3.80. The summed E-state index contributed by atoms with van der Waals surface area (Å²) in [6, 6.07) is 12.1. The number of morpholine rings is 1. The van der Waals surface area contributed by atoms with E-state index < -0.39 is 0 Å². The number of ether oxygens (including phenoxy) is 1. The number of nitrogens with one attached hydrogen (secondary N) is 1. The van der Waals surface area contributed by atoms with Crippen LogP contribution in [0.4, 0.5) is 0 Å². The molecular formula is C19H24N2O3. The van der Waals surface area contributed by atoms with Crippen molar-refractivity contribution < 1.29 is 13.9 Å². The number of rotatable bonds is 6. The minimum Gasteiger partial charge on any atom is -0.472 e. The maximum Gasteiger partial charge on any atom is 0.254 e. The third-order valence-electron chi connectivity index (χ3n) is 4.42. The van der Waals surface area contributed by atoms with Crippen molar-refractivity contribution in [1.29, 1.82) is 0 Å². The molecule has 5 heteroatoms. The van der Waals surface area contributed by atoms with Gasteiger partial charge in [0.05, 0.1) is 30.6 Å². The standard InChI is InChI=1S/C19H24N2O3/c1-2-17(20-19(22)16-8-10-23-14-16)18-13-21(9-11-24-18)12-15-6-4-3-5-7-15/h3-8,10,14,17-18H,2,9,11-13H2,1H3,(H,20,22)/t17-,18+/m0/s1. The largest absolute Gasteiger partial charge is 0.472 e. The van der Waals surface area contributed by atoms with Crippen LogP contribution in [0.3, 0.4) is 0 Å². The Kier molecular flexibility index (Phi) is 5.67. The fraction of sp³-hybridized carbons (Fsp3) is 0.421. The van der Waals surface area contributed by atoms with Gasteiger partial charge in [0.1, 0.15) is 6.26 Å². The lowest BCUT2D eigenvalue weighted by Crippen LogP contribution is -2.53. The molecular weight excluding hydrogens is 304 g/mol. The van der Waals surface area contributed by atoms with Crippen LogP contribution < -0.4 is 5.32 Å². The van der Waals surface area contributed by atoms with Crippen LogP contribution in [-0.2, 0) is 11.3 Å². The lowest BCUT2D eigenvalue weighted by atomic mass is 10.1. The molecule has 2 heterocycles. The van der Waals surface area contributed by atoms with E-state index >= 15 is 0 Å². The summed E-state index contributed by atoms with van der Waals surface area (Å²) in [4.78, 5) is 14.6. The van der Waals surface area contributed by atoms with Crippen molar-refractivity contribution in [3.8, 4) is 0 Å². The molecule has 2 aromatic rings. The van der Waals surface area contributed by atoms with E-state index in [1.807, 2.05) is 6.07 Å². The predicted molar refractivity (Wildman–Crippen MR) is 91.7 cm³/mol. The lowest BCUT2D eigenvalue weighted by molar-refractivity contribution is -0.0483. The van der Waals surface area contributed by atoms with E-state index in [4.69, 9.17) is 9.15 Å². The Morgan fingerprint density at radius 2 is 2.17 bits per heavy atom. The molecule has 0 radical (unpaired) electrons. The molecule has 5 nitrogen and oxygen atoms in total. The quantitative estimate of drug-likeness (QED) is 0.886. The average molecular weight is 328 g/mol. The second-order valence-electron chi connectivity index (χ2n) is 6.13. The molecule has 1 amide bonds. The molecule has 0 spiro atoms. The van der Waals surface area contributed by atoms with Gasteiger partial charge in [-0.2, -0.15) is 0 Å². The fourth-order valence-electron chi connectivity index (χ4n) is 3.06. The highest BCUT2D eigenvalue weighted by Crippen LogP contribution is 2.15. The van der Waals surface area contributed by atoms with Gasteiger partial charge < -0.3 is 14.5 Å². The summed E-state index contributed by atoms with van der Waals surface area (Å²) >= 11 is 0. The molecule has 128 valence electrons. The molecule has 1 aromatic carbocycles. The van der Waals surface area contributed by atoms with E-state index in [2.05, 4.69) is 41.4 Å². The first-order valence-corrected chi connectivity index (χ1v) is 8.47. The molecule has 0 bridgehead atoms. The van der Waals surface area contributed by atoms with Crippen LogP contribution in [0, 0.1) is 0 Å². The zero-order valence-electron chi connectivity index (χ0n) is 14.0. The predicted octanol–water partition coefficient (Wildman–Crippen LogP) is 2.69. The average Bonchev–Trinajstić information content (AvgIpc) is 3.15. The molecule has 0 saturated carbocycles. The van der Waals surface area contributed by atoms with E-state index in [1.54, 1.807) is 6.07 Å². The van der Waals surface area contributed by atoms with Crippen LogP contribution in [0.5, 0.6) is 0 Å². The molecule has 24 heavy (non-hydrogen) atoms. The summed E-state index contributed by atoms with van der Waals surface area (Å²) < 4.78 is 10.9. The van der Waals surface area contributed by atoms with Gasteiger partial charge in [-0.1, -0.05) is 37.3 Å². The second-order valence-corrected chi connectivity index (χ2v) is 6.13. The first-order valence-electron chi connectivity index (χ1n) is 8.47. The van der Waals surface area contributed by atoms with E-state index in [-0.39, 0.29) is 18.1 Å². The highest BCUT2D eigenvalue weighted by molar-refractivity contribution is 5.93. The molecule has 0 unspecified atom stereocenters. The maximum absolute atomic E-state index is 12.3. The number of nitrogens with zero attached hydrogens (tertiary/aromatic N) is 1. The molecule has 0 aliphatic carbocycles. The zero-order valence-corrected chi connectivity index (χ0v) is 14.0. The van der Waals surface area contributed by atoms with E-state index in [9.17, 15) is 4.79 Å². The van der Waals surface area contributed by atoms with Crippen LogP contribution in [0.15, 0.2) is 53.3 Å². The summed E-state index contributed by atoms with van der Waals surface area (Å²) in [6.45, 7) is 5.40. The Morgan fingerprint density at radius 3 is 2.88 bits per heavy atom. The molecule has 1 saturated heterocycles. The summed E-state index contributed by atoms with van der Waals surface area (Å²) in [5.74, 6) is -0.112. The number of carbonyl (C=O) groups is 1. The Bertz CT molecular complexity index is 627. The van der Waals surface area contributed by atoms with Crippen molar-refractivity contribution in [2.75, 3.05) is 19.7 Å². The van der Waals surface area contributed by atoms with Gasteiger partial charge in [0.25, 0.3) is 5.91 Å². The van der Waals surface area contributed by atoms with Crippen LogP contribution in [0.1, 0.15) is 29.3 Å². The molecule has 1 aliphatic rings. The molecule has 3 rings (SSSR count). The number of carbonyl (C=O) groups excluding carboxylic acids is 1. The van der Waals surface area contributed by atoms with Crippen molar-refractivity contribution in [3.05, 3.63) is 60.1 Å². The molecule has 1 fully saturated rings. The number of amides is 1. The van der Waals surface area contributed by atoms with Crippen LogP contribution in [0.2, 0.25) is 0 Å². The van der Waals surface area contributed by atoms with E-state index in [1.165, 1.54) is 18.1 Å². The van der Waals surface area contributed by atoms with Crippen LogP contribution in [0.25, 0.3) is 0 Å². The number of furan rings is 1. The van der Waals surface area contributed by atoms with Gasteiger partial charge in [0.15, 0.2) is 0 Å². The van der Waals surface area contributed by atoms with Gasteiger partial charge in [-0.05, 0) is 18.1 Å². The zero-order chi connectivity index (χ0) is 16.8. The molecule has 1 N–H and O–H groups in total. The third kappa shape index (κ3) is 4.24. The maximum atomic E-state index is 12.3. The first-order chi connectivity index (χ1) is 11.8. The Balaban J connectivity index is 1.58. The van der Waals surface area contributed by atoms with Gasteiger partial charge in [-0.15, -0.1) is 0 Å². The monoisotopic (exact) mass is 328 g/mol. The minimum atomic E-state index is -0.112. The SMILES string of the molecule is CC[C@H](NC(=O)c1ccoc1)[C@H]1CN(Cc2ccccc2)CCO1. The van der Waals surface area contributed by atoms with Crippen molar-refractivity contribution in [1.82, 2.24) is 10.2 Å². The van der Waals surface area contributed by atoms with Gasteiger partial charge in [0.2, 0.25) is 0 Å². The fourth-order valence-corrected chi connectivity index (χ4v) is 3.06. The molecule has 2 atom stereocenters. The second kappa shape index (κ2) is 8.13. The van der Waals surface area contributed by atoms with Crippen LogP contribution in [-0.4, -0.2) is 42.6 Å². The Labute approximate surface area is 142 Å². The van der Waals surface area contributed by atoms with Crippen LogP contribution >= 0.6 is 0 Å². The van der Waals surface area contributed by atoms with Gasteiger partial charge >= 0.3 is 0 Å². The number of hydrogen-bond acceptors (Lipinski definition) is 4. The molecule has 1 aliphatic heterocycles. The van der Waals surface area contributed by atoms with Crippen molar-refractivity contribution in [2.24, 2.45) is 0 Å². The molecule has 1 aromatic heterocycles. The van der Waals surface area contributed by atoms with Gasteiger partial charge in [0, 0.05) is 19.6 Å². The summed E-state index contributed by atoms with van der Waals surface area (Å²) in [5, 5.41) is 3.07. The minimum absolute atomic E-state index is 0.00307. The Morgan fingerprint density at radius 1 is 1.33 bits per heavy atom. The Hall–Kier alpha value is -2.11.